The summed E-state index contributed by atoms with van der Waals surface area (Å²) >= 11 is 5.99. The third kappa shape index (κ3) is 3.81. The first-order valence-electron chi connectivity index (χ1n) is 6.57. The lowest BCUT2D eigenvalue weighted by atomic mass is 10.2. The van der Waals surface area contributed by atoms with Crippen molar-refractivity contribution in [3.8, 4) is 5.75 Å². The third-order valence-corrected chi connectivity index (χ3v) is 3.30. The van der Waals surface area contributed by atoms with E-state index in [0.29, 0.717) is 0 Å². The molecule has 3 nitrogen and oxygen atoms in total. The van der Waals surface area contributed by atoms with Gasteiger partial charge in [0.1, 0.15) is 5.75 Å². The Balaban J connectivity index is 1.86. The van der Waals surface area contributed by atoms with Crippen LogP contribution in [0.1, 0.15) is 5.56 Å². The van der Waals surface area contributed by atoms with Crippen LogP contribution in [0.5, 0.6) is 5.75 Å². The lowest BCUT2D eigenvalue weighted by Gasteiger charge is -2.13. The van der Waals surface area contributed by atoms with Crippen molar-refractivity contribution in [2.75, 3.05) is 30.8 Å². The molecule has 4 heteroatoms. The molecular weight excluding hydrogens is 272 g/mol. The molecule has 2 rings (SSSR count). The molecule has 0 spiro atoms. The lowest BCUT2D eigenvalue weighted by Crippen LogP contribution is -2.14. The van der Waals surface area contributed by atoms with Crippen molar-refractivity contribution < 1.29 is 4.74 Å². The van der Waals surface area contributed by atoms with E-state index in [1.165, 1.54) is 5.56 Å². The summed E-state index contributed by atoms with van der Waals surface area (Å²) in [6.07, 6.45) is 0. The number of benzene rings is 2. The highest BCUT2D eigenvalue weighted by Gasteiger charge is 2.01. The summed E-state index contributed by atoms with van der Waals surface area (Å²) in [6, 6.07) is 13.7. The van der Waals surface area contributed by atoms with Gasteiger partial charge in [-0.1, -0.05) is 29.8 Å². The Morgan fingerprint density at radius 3 is 2.45 bits per heavy atom. The number of aryl methyl sites for hydroxylation is 1. The fourth-order valence-corrected chi connectivity index (χ4v) is 2.14. The van der Waals surface area contributed by atoms with Gasteiger partial charge in [0, 0.05) is 23.8 Å². The number of halogens is 1. The van der Waals surface area contributed by atoms with Gasteiger partial charge in [-0.15, -0.1) is 0 Å². The fraction of sp³-hybridized carbons (Fsp3) is 0.250. The van der Waals surface area contributed by atoms with E-state index < -0.39 is 0 Å². The molecule has 0 unspecified atom stereocenters. The summed E-state index contributed by atoms with van der Waals surface area (Å²) in [6.45, 7) is 3.66. The monoisotopic (exact) mass is 290 g/mol. The van der Waals surface area contributed by atoms with Crippen LogP contribution in [0.3, 0.4) is 0 Å². The molecule has 0 aliphatic carbocycles. The van der Waals surface area contributed by atoms with Crippen molar-refractivity contribution in [3.63, 3.8) is 0 Å². The van der Waals surface area contributed by atoms with Crippen LogP contribution in [0, 0.1) is 6.92 Å². The second kappa shape index (κ2) is 7.06. The zero-order chi connectivity index (χ0) is 14.4. The van der Waals surface area contributed by atoms with Crippen molar-refractivity contribution >= 4 is 23.0 Å². The molecule has 20 heavy (non-hydrogen) atoms. The third-order valence-electron chi connectivity index (χ3n) is 3.06. The number of hydrogen-bond acceptors (Lipinski definition) is 3. The topological polar surface area (TPSA) is 33.3 Å². The normalized spacial score (nSPS) is 10.2. The maximum atomic E-state index is 5.99. The van der Waals surface area contributed by atoms with Crippen LogP contribution < -0.4 is 15.4 Å². The minimum Gasteiger partial charge on any atom is -0.495 e. The summed E-state index contributed by atoms with van der Waals surface area (Å²) in [5.41, 5.74) is 3.26. The van der Waals surface area contributed by atoms with Gasteiger partial charge in [0.25, 0.3) is 0 Å². The summed E-state index contributed by atoms with van der Waals surface area (Å²) < 4.78 is 5.30. The predicted octanol–water partition coefficient (Wildman–Crippen LogP) is 4.18. The van der Waals surface area contributed by atoms with E-state index >= 15 is 0 Å². The smallest absolute Gasteiger partial charge is 0.141 e. The van der Waals surface area contributed by atoms with Gasteiger partial charge in [0.2, 0.25) is 0 Å². The Morgan fingerprint density at radius 1 is 1.00 bits per heavy atom. The minimum absolute atomic E-state index is 0.746. The predicted molar refractivity (Wildman–Crippen MR) is 86.2 cm³/mol. The molecular formula is C16H19ClN2O. The highest BCUT2D eigenvalue weighted by molar-refractivity contribution is 6.30. The van der Waals surface area contributed by atoms with Crippen molar-refractivity contribution in [1.29, 1.82) is 0 Å². The Labute approximate surface area is 124 Å². The summed E-state index contributed by atoms with van der Waals surface area (Å²) in [7, 11) is 1.67. The van der Waals surface area contributed by atoms with Gasteiger partial charge in [0.15, 0.2) is 0 Å². The molecule has 0 radical (unpaired) electrons. The van der Waals surface area contributed by atoms with E-state index in [9.17, 15) is 0 Å². The molecule has 106 valence electrons. The largest absolute Gasteiger partial charge is 0.495 e. The van der Waals surface area contributed by atoms with Gasteiger partial charge in [-0.2, -0.15) is 0 Å². The first kappa shape index (κ1) is 14.5. The van der Waals surface area contributed by atoms with Crippen molar-refractivity contribution in [1.82, 2.24) is 0 Å². The van der Waals surface area contributed by atoms with Gasteiger partial charge < -0.3 is 15.4 Å². The molecule has 2 aromatic carbocycles. The van der Waals surface area contributed by atoms with Crippen molar-refractivity contribution in [3.05, 3.63) is 53.1 Å². The Kier molecular flexibility index (Phi) is 5.13. The molecule has 2 N–H and O–H groups in total. The molecule has 0 atom stereocenters. The maximum absolute atomic E-state index is 5.99. The van der Waals surface area contributed by atoms with Crippen LogP contribution in [-0.2, 0) is 0 Å². The van der Waals surface area contributed by atoms with Crippen LogP contribution >= 0.6 is 11.6 Å². The Bertz CT molecular complexity index is 572. The lowest BCUT2D eigenvalue weighted by molar-refractivity contribution is 0.416. The Hall–Kier alpha value is -1.87. The van der Waals surface area contributed by atoms with Gasteiger partial charge >= 0.3 is 0 Å². The molecule has 0 bridgehead atoms. The number of methoxy groups -OCH3 is 1. The van der Waals surface area contributed by atoms with Crippen LogP contribution in [0.2, 0.25) is 5.02 Å². The van der Waals surface area contributed by atoms with E-state index in [-0.39, 0.29) is 0 Å². The van der Waals surface area contributed by atoms with Gasteiger partial charge in [-0.3, -0.25) is 0 Å². The number of hydrogen-bond donors (Lipinski definition) is 2. The molecule has 0 heterocycles. The van der Waals surface area contributed by atoms with Gasteiger partial charge in [0.05, 0.1) is 12.8 Å². The molecule has 2 aromatic rings. The van der Waals surface area contributed by atoms with Crippen molar-refractivity contribution in [2.45, 2.75) is 6.92 Å². The molecule has 0 saturated carbocycles. The SMILES string of the molecule is COc1ccccc1NCCNc1cc(Cl)ccc1C. The summed E-state index contributed by atoms with van der Waals surface area (Å²) in [5.74, 6) is 0.853. The molecule has 0 saturated heterocycles. The number of nitrogens with one attached hydrogen (secondary N) is 2. The number of ether oxygens (including phenoxy) is 1. The first-order valence-corrected chi connectivity index (χ1v) is 6.95. The number of rotatable bonds is 6. The van der Waals surface area contributed by atoms with E-state index in [1.807, 2.05) is 42.5 Å². The second-order valence-electron chi connectivity index (χ2n) is 4.51. The number of anilines is 2. The average Bonchev–Trinajstić information content (AvgIpc) is 2.47. The molecule has 0 amide bonds. The van der Waals surface area contributed by atoms with Gasteiger partial charge in [-0.05, 0) is 36.8 Å². The number of para-hydroxylation sites is 2. The fourth-order valence-electron chi connectivity index (χ4n) is 1.97. The molecule has 0 fully saturated rings. The van der Waals surface area contributed by atoms with E-state index in [1.54, 1.807) is 7.11 Å². The zero-order valence-electron chi connectivity index (χ0n) is 11.7. The zero-order valence-corrected chi connectivity index (χ0v) is 12.5. The van der Waals surface area contributed by atoms with Crippen LogP contribution in [0.25, 0.3) is 0 Å². The standard InChI is InChI=1S/C16H19ClN2O/c1-12-7-8-13(17)11-15(12)19-10-9-18-14-5-3-4-6-16(14)20-2/h3-8,11,18-19H,9-10H2,1-2H3. The molecule has 0 aliphatic heterocycles. The quantitative estimate of drug-likeness (QED) is 0.783. The van der Waals surface area contributed by atoms with E-state index in [4.69, 9.17) is 16.3 Å². The second-order valence-corrected chi connectivity index (χ2v) is 4.95. The van der Waals surface area contributed by atoms with Crippen LogP contribution in [-0.4, -0.2) is 20.2 Å². The molecule has 0 aliphatic rings. The summed E-state index contributed by atoms with van der Waals surface area (Å²) in [4.78, 5) is 0. The van der Waals surface area contributed by atoms with Crippen LogP contribution in [0.4, 0.5) is 11.4 Å². The van der Waals surface area contributed by atoms with Gasteiger partial charge in [-0.25, -0.2) is 0 Å². The highest BCUT2D eigenvalue weighted by atomic mass is 35.5. The van der Waals surface area contributed by atoms with Crippen LogP contribution in [0.15, 0.2) is 42.5 Å². The molecule has 0 aromatic heterocycles. The van der Waals surface area contributed by atoms with E-state index in [2.05, 4.69) is 17.6 Å². The minimum atomic E-state index is 0.746. The maximum Gasteiger partial charge on any atom is 0.141 e. The Morgan fingerprint density at radius 2 is 1.70 bits per heavy atom. The van der Waals surface area contributed by atoms with Crippen molar-refractivity contribution in [2.24, 2.45) is 0 Å². The first-order chi connectivity index (χ1) is 9.70. The average molecular weight is 291 g/mol. The highest BCUT2D eigenvalue weighted by Crippen LogP contribution is 2.23. The summed E-state index contributed by atoms with van der Waals surface area (Å²) in [5, 5.41) is 7.47. The van der Waals surface area contributed by atoms with E-state index in [0.717, 1.165) is 35.2 Å².